The Kier molecular flexibility index (Phi) is 5.02. The minimum Gasteiger partial charge on any atom is -0.497 e. The van der Waals surface area contributed by atoms with Gasteiger partial charge in [0.05, 0.1) is 19.6 Å². The van der Waals surface area contributed by atoms with Gasteiger partial charge in [0.25, 0.3) is 0 Å². The SMILES string of the molecule is COc1ccc(CN2CC(C(=O)NCc3cc(C)on3)CC2=O)cc1. The Balaban J connectivity index is 1.53. The van der Waals surface area contributed by atoms with Crippen LogP contribution in [-0.2, 0) is 22.7 Å². The molecule has 2 heterocycles. The van der Waals surface area contributed by atoms with Crippen molar-refractivity contribution in [3.05, 3.63) is 47.3 Å². The van der Waals surface area contributed by atoms with Crippen molar-refractivity contribution in [3.8, 4) is 5.75 Å². The quantitative estimate of drug-likeness (QED) is 0.862. The van der Waals surface area contributed by atoms with E-state index in [1.807, 2.05) is 24.3 Å². The van der Waals surface area contributed by atoms with E-state index in [4.69, 9.17) is 9.26 Å². The predicted octanol–water partition coefficient (Wildman–Crippen LogP) is 1.66. The van der Waals surface area contributed by atoms with Crippen molar-refractivity contribution in [1.29, 1.82) is 0 Å². The summed E-state index contributed by atoms with van der Waals surface area (Å²) >= 11 is 0. The fourth-order valence-electron chi connectivity index (χ4n) is 2.88. The van der Waals surface area contributed by atoms with Crippen LogP contribution in [-0.4, -0.2) is 35.5 Å². The number of nitrogens with zero attached hydrogens (tertiary/aromatic N) is 2. The first kappa shape index (κ1) is 17.0. The summed E-state index contributed by atoms with van der Waals surface area (Å²) in [6.45, 7) is 3.02. The van der Waals surface area contributed by atoms with Crippen LogP contribution in [0.15, 0.2) is 34.9 Å². The van der Waals surface area contributed by atoms with E-state index in [0.29, 0.717) is 31.1 Å². The molecule has 1 N–H and O–H groups in total. The van der Waals surface area contributed by atoms with Crippen LogP contribution < -0.4 is 10.1 Å². The predicted molar refractivity (Wildman–Crippen MR) is 89.6 cm³/mol. The van der Waals surface area contributed by atoms with Crippen molar-refractivity contribution < 1.29 is 18.8 Å². The normalized spacial score (nSPS) is 17.0. The number of ether oxygens (including phenoxy) is 1. The molecule has 1 aliphatic heterocycles. The molecule has 1 fully saturated rings. The number of methoxy groups -OCH3 is 1. The van der Waals surface area contributed by atoms with Crippen LogP contribution in [0.3, 0.4) is 0 Å². The molecule has 0 spiro atoms. The Labute approximate surface area is 145 Å². The van der Waals surface area contributed by atoms with E-state index >= 15 is 0 Å². The number of aromatic nitrogens is 1. The van der Waals surface area contributed by atoms with Gasteiger partial charge < -0.3 is 19.5 Å². The van der Waals surface area contributed by atoms with Crippen LogP contribution in [0.1, 0.15) is 23.4 Å². The van der Waals surface area contributed by atoms with Crippen molar-refractivity contribution in [3.63, 3.8) is 0 Å². The third-order valence-corrected chi connectivity index (χ3v) is 4.24. The molecule has 0 saturated carbocycles. The Morgan fingerprint density at radius 3 is 2.80 bits per heavy atom. The average molecular weight is 343 g/mol. The second kappa shape index (κ2) is 7.38. The molecule has 1 saturated heterocycles. The third-order valence-electron chi connectivity index (χ3n) is 4.24. The van der Waals surface area contributed by atoms with E-state index < -0.39 is 0 Å². The number of nitrogens with one attached hydrogen (secondary N) is 1. The molecule has 0 radical (unpaired) electrons. The highest BCUT2D eigenvalue weighted by Crippen LogP contribution is 2.21. The number of hydrogen-bond acceptors (Lipinski definition) is 5. The van der Waals surface area contributed by atoms with Crippen LogP contribution in [0, 0.1) is 12.8 Å². The summed E-state index contributed by atoms with van der Waals surface area (Å²) in [6, 6.07) is 9.34. The molecule has 7 heteroatoms. The van der Waals surface area contributed by atoms with E-state index in [0.717, 1.165) is 11.3 Å². The fraction of sp³-hybridized carbons (Fsp3) is 0.389. The molecule has 0 bridgehead atoms. The maximum absolute atomic E-state index is 12.3. The van der Waals surface area contributed by atoms with E-state index in [9.17, 15) is 9.59 Å². The fourth-order valence-corrected chi connectivity index (χ4v) is 2.88. The smallest absolute Gasteiger partial charge is 0.225 e. The minimum atomic E-state index is -0.334. The lowest BCUT2D eigenvalue weighted by Gasteiger charge is -2.17. The van der Waals surface area contributed by atoms with Gasteiger partial charge in [-0.15, -0.1) is 0 Å². The molecule has 1 aromatic carbocycles. The first-order valence-electron chi connectivity index (χ1n) is 8.16. The summed E-state index contributed by atoms with van der Waals surface area (Å²) in [5, 5.41) is 6.65. The number of carbonyl (C=O) groups is 2. The highest BCUT2D eigenvalue weighted by atomic mass is 16.5. The molecular weight excluding hydrogens is 322 g/mol. The second-order valence-electron chi connectivity index (χ2n) is 6.17. The summed E-state index contributed by atoms with van der Waals surface area (Å²) in [5.41, 5.74) is 1.68. The summed E-state index contributed by atoms with van der Waals surface area (Å²) in [4.78, 5) is 26.2. The van der Waals surface area contributed by atoms with Crippen LogP contribution >= 0.6 is 0 Å². The van der Waals surface area contributed by atoms with Crippen molar-refractivity contribution in [2.75, 3.05) is 13.7 Å². The van der Waals surface area contributed by atoms with Crippen molar-refractivity contribution in [2.24, 2.45) is 5.92 Å². The lowest BCUT2D eigenvalue weighted by Crippen LogP contribution is -2.32. The van der Waals surface area contributed by atoms with Gasteiger partial charge in [-0.3, -0.25) is 9.59 Å². The Morgan fingerprint density at radius 2 is 2.16 bits per heavy atom. The molecule has 3 rings (SSSR count). The topological polar surface area (TPSA) is 84.7 Å². The van der Waals surface area contributed by atoms with Crippen molar-refractivity contribution >= 4 is 11.8 Å². The molecule has 0 aliphatic carbocycles. The van der Waals surface area contributed by atoms with E-state index in [2.05, 4.69) is 10.5 Å². The molecule has 1 unspecified atom stereocenters. The number of rotatable bonds is 6. The van der Waals surface area contributed by atoms with Gasteiger partial charge in [-0.2, -0.15) is 0 Å². The highest BCUT2D eigenvalue weighted by molar-refractivity contribution is 5.89. The maximum Gasteiger partial charge on any atom is 0.225 e. The Hall–Kier alpha value is -2.83. The zero-order valence-electron chi connectivity index (χ0n) is 14.3. The van der Waals surface area contributed by atoms with Gasteiger partial charge in [-0.05, 0) is 24.6 Å². The van der Waals surface area contributed by atoms with Gasteiger partial charge in [0.15, 0.2) is 0 Å². The van der Waals surface area contributed by atoms with Crippen molar-refractivity contribution in [2.45, 2.75) is 26.4 Å². The van der Waals surface area contributed by atoms with Gasteiger partial charge in [0, 0.05) is 25.6 Å². The molecule has 132 valence electrons. The zero-order chi connectivity index (χ0) is 17.8. The first-order valence-corrected chi connectivity index (χ1v) is 8.16. The molecule has 7 nitrogen and oxygen atoms in total. The number of carbonyl (C=O) groups excluding carboxylic acids is 2. The number of benzene rings is 1. The standard InChI is InChI=1S/C18H21N3O4/c1-12-7-15(20-25-12)9-19-18(23)14-8-17(22)21(11-14)10-13-3-5-16(24-2)6-4-13/h3-7,14H,8-11H2,1-2H3,(H,19,23). The zero-order valence-corrected chi connectivity index (χ0v) is 14.3. The van der Waals surface area contributed by atoms with Gasteiger partial charge in [-0.25, -0.2) is 0 Å². The Morgan fingerprint density at radius 1 is 1.40 bits per heavy atom. The summed E-state index contributed by atoms with van der Waals surface area (Å²) in [6.07, 6.45) is 0.236. The molecule has 1 aromatic heterocycles. The number of likely N-dealkylation sites (tertiary alicyclic amines) is 1. The van der Waals surface area contributed by atoms with Gasteiger partial charge in [0.2, 0.25) is 11.8 Å². The molecular formula is C18H21N3O4. The third kappa shape index (κ3) is 4.17. The second-order valence-corrected chi connectivity index (χ2v) is 6.17. The van der Waals surface area contributed by atoms with E-state index in [1.54, 1.807) is 25.0 Å². The summed E-state index contributed by atoms with van der Waals surface area (Å²) in [5.74, 6) is 1.00. The lowest BCUT2D eigenvalue weighted by molar-refractivity contribution is -0.129. The van der Waals surface area contributed by atoms with Gasteiger partial charge in [0.1, 0.15) is 17.2 Å². The maximum atomic E-state index is 12.3. The first-order chi connectivity index (χ1) is 12.0. The van der Waals surface area contributed by atoms with Crippen LogP contribution in [0.25, 0.3) is 0 Å². The van der Waals surface area contributed by atoms with Crippen LogP contribution in [0.5, 0.6) is 5.75 Å². The van der Waals surface area contributed by atoms with Crippen LogP contribution in [0.2, 0.25) is 0 Å². The van der Waals surface area contributed by atoms with E-state index in [1.165, 1.54) is 0 Å². The van der Waals surface area contributed by atoms with E-state index in [-0.39, 0.29) is 24.2 Å². The molecule has 1 aliphatic rings. The molecule has 25 heavy (non-hydrogen) atoms. The number of aryl methyl sites for hydroxylation is 1. The van der Waals surface area contributed by atoms with Crippen molar-refractivity contribution in [1.82, 2.24) is 15.4 Å². The lowest BCUT2D eigenvalue weighted by atomic mass is 10.1. The van der Waals surface area contributed by atoms with Gasteiger partial charge in [-0.1, -0.05) is 17.3 Å². The molecule has 1 atom stereocenters. The monoisotopic (exact) mass is 343 g/mol. The minimum absolute atomic E-state index is 0.00625. The summed E-state index contributed by atoms with van der Waals surface area (Å²) < 4.78 is 10.1. The Bertz CT molecular complexity index is 754. The summed E-state index contributed by atoms with van der Waals surface area (Å²) in [7, 11) is 1.61. The highest BCUT2D eigenvalue weighted by Gasteiger charge is 2.34. The molecule has 2 amide bonds. The van der Waals surface area contributed by atoms with Crippen LogP contribution in [0.4, 0.5) is 0 Å². The van der Waals surface area contributed by atoms with Gasteiger partial charge >= 0.3 is 0 Å². The largest absolute Gasteiger partial charge is 0.497 e. The number of hydrogen-bond donors (Lipinski definition) is 1. The number of amides is 2. The average Bonchev–Trinajstić information content (AvgIpc) is 3.19. The molecule has 2 aromatic rings.